The fraction of sp³-hybridized carbons (Fsp3) is 0. The number of nitrogens with zero attached hydrogens (tertiary/aromatic N) is 3. The highest BCUT2D eigenvalue weighted by atomic mass is 79.9. The van der Waals surface area contributed by atoms with Crippen molar-refractivity contribution in [1.29, 1.82) is 0 Å². The largest absolute Gasteiger partial charge is 0.304 e. The van der Waals surface area contributed by atoms with E-state index in [1.165, 1.54) is 18.6 Å². The summed E-state index contributed by atoms with van der Waals surface area (Å²) in [6, 6.07) is 1.54. The van der Waals surface area contributed by atoms with Crippen LogP contribution in [0.25, 0.3) is 0 Å². The maximum Gasteiger partial charge on any atom is 0.259 e. The summed E-state index contributed by atoms with van der Waals surface area (Å²) in [6.07, 6.45) is 4.37. The summed E-state index contributed by atoms with van der Waals surface area (Å²) < 4.78 is 0.983. The van der Waals surface area contributed by atoms with Crippen LogP contribution in [0.5, 0.6) is 0 Å². The van der Waals surface area contributed by atoms with Crippen LogP contribution in [0, 0.1) is 0 Å². The first kappa shape index (κ1) is 13.4. The van der Waals surface area contributed by atoms with Crippen molar-refractivity contribution in [3.05, 3.63) is 44.4 Å². The summed E-state index contributed by atoms with van der Waals surface area (Å²) in [7, 11) is 0. The number of nitrogens with one attached hydrogen (secondary N) is 1. The van der Waals surface area contributed by atoms with E-state index in [9.17, 15) is 4.79 Å². The molecule has 0 aliphatic heterocycles. The van der Waals surface area contributed by atoms with Crippen LogP contribution in [0.3, 0.4) is 0 Å². The summed E-state index contributed by atoms with van der Waals surface area (Å²) >= 11 is 12.3. The lowest BCUT2D eigenvalue weighted by Gasteiger charge is -2.06. The van der Waals surface area contributed by atoms with Gasteiger partial charge >= 0.3 is 0 Å². The van der Waals surface area contributed by atoms with Gasteiger partial charge in [-0.25, -0.2) is 9.97 Å². The first-order chi connectivity index (χ1) is 8.58. The molecule has 0 unspecified atom stereocenters. The molecule has 92 valence electrons. The topological polar surface area (TPSA) is 67.8 Å². The van der Waals surface area contributed by atoms with Crippen molar-refractivity contribution in [3.63, 3.8) is 0 Å². The molecule has 0 bridgehead atoms. The molecule has 0 saturated heterocycles. The van der Waals surface area contributed by atoms with Crippen molar-refractivity contribution in [3.8, 4) is 0 Å². The van der Waals surface area contributed by atoms with Crippen LogP contribution in [-0.4, -0.2) is 20.9 Å². The van der Waals surface area contributed by atoms with Crippen LogP contribution >= 0.6 is 43.5 Å². The lowest BCUT2D eigenvalue weighted by molar-refractivity contribution is 0.102. The molecule has 0 aliphatic carbocycles. The minimum atomic E-state index is -0.398. The second-order valence-corrected chi connectivity index (χ2v) is 5.11. The molecule has 0 fully saturated rings. The molecule has 5 nitrogen and oxygen atoms in total. The lowest BCUT2D eigenvalue weighted by atomic mass is 10.2. The number of anilines is 1. The molecule has 0 saturated carbocycles. The Balaban J connectivity index is 2.24. The van der Waals surface area contributed by atoms with Crippen molar-refractivity contribution in [2.75, 3.05) is 5.32 Å². The average Bonchev–Trinajstić information content (AvgIpc) is 2.33. The van der Waals surface area contributed by atoms with Crippen LogP contribution < -0.4 is 5.32 Å². The van der Waals surface area contributed by atoms with Crippen LogP contribution in [0.2, 0.25) is 5.02 Å². The minimum absolute atomic E-state index is 0.274. The molecule has 8 heteroatoms. The smallest absolute Gasteiger partial charge is 0.259 e. The molecular weight excluding hydrogens is 387 g/mol. The van der Waals surface area contributed by atoms with E-state index >= 15 is 0 Å². The lowest BCUT2D eigenvalue weighted by Crippen LogP contribution is -2.14. The zero-order valence-corrected chi connectivity index (χ0v) is 12.6. The highest BCUT2D eigenvalue weighted by Crippen LogP contribution is 2.21. The Morgan fingerprint density at radius 1 is 1.33 bits per heavy atom. The van der Waals surface area contributed by atoms with E-state index in [2.05, 4.69) is 52.1 Å². The van der Waals surface area contributed by atoms with Crippen molar-refractivity contribution in [2.24, 2.45) is 0 Å². The molecule has 0 aliphatic rings. The fourth-order valence-corrected chi connectivity index (χ4v) is 2.25. The van der Waals surface area contributed by atoms with E-state index in [0.29, 0.717) is 20.0 Å². The van der Waals surface area contributed by atoms with E-state index in [0.717, 1.165) is 0 Å². The maximum absolute atomic E-state index is 11.9. The number of hydrogen-bond acceptors (Lipinski definition) is 4. The van der Waals surface area contributed by atoms with Gasteiger partial charge in [0.15, 0.2) is 5.82 Å². The van der Waals surface area contributed by atoms with E-state index in [1.54, 1.807) is 6.07 Å². The normalized spacial score (nSPS) is 10.2. The molecule has 2 rings (SSSR count). The Labute approximate surface area is 124 Å². The van der Waals surface area contributed by atoms with Gasteiger partial charge in [-0.05, 0) is 37.9 Å². The molecular formula is C10H5Br2ClN4O. The summed E-state index contributed by atoms with van der Waals surface area (Å²) in [6.45, 7) is 0. The van der Waals surface area contributed by atoms with Gasteiger partial charge in [0.1, 0.15) is 9.21 Å². The van der Waals surface area contributed by atoms with Crippen LogP contribution in [0.15, 0.2) is 33.9 Å². The van der Waals surface area contributed by atoms with Crippen molar-refractivity contribution in [2.45, 2.75) is 0 Å². The third-order valence-electron chi connectivity index (χ3n) is 1.94. The van der Waals surface area contributed by atoms with Gasteiger partial charge in [0.2, 0.25) is 0 Å². The Bertz CT molecular complexity index is 608. The molecule has 1 amide bonds. The van der Waals surface area contributed by atoms with Crippen molar-refractivity contribution < 1.29 is 4.79 Å². The molecule has 18 heavy (non-hydrogen) atoms. The van der Waals surface area contributed by atoms with Gasteiger partial charge in [0, 0.05) is 12.4 Å². The summed E-state index contributed by atoms with van der Waals surface area (Å²) in [5.74, 6) is -0.0893. The third-order valence-corrected chi connectivity index (χ3v) is 3.21. The second kappa shape index (κ2) is 5.73. The second-order valence-electron chi connectivity index (χ2n) is 3.14. The van der Waals surface area contributed by atoms with Crippen LogP contribution in [0.1, 0.15) is 10.4 Å². The SMILES string of the molecule is O=C(Nc1ncc(Br)nc1Br)c1cnccc1Cl. The zero-order chi connectivity index (χ0) is 13.1. The average molecular weight is 392 g/mol. The number of carbonyl (C=O) groups is 1. The quantitative estimate of drug-likeness (QED) is 0.852. The summed E-state index contributed by atoms with van der Waals surface area (Å²) in [4.78, 5) is 23.9. The van der Waals surface area contributed by atoms with Gasteiger partial charge in [-0.2, -0.15) is 0 Å². The Hall–Kier alpha value is -1.05. The highest BCUT2D eigenvalue weighted by molar-refractivity contribution is 9.11. The highest BCUT2D eigenvalue weighted by Gasteiger charge is 2.13. The molecule has 0 aromatic carbocycles. The van der Waals surface area contributed by atoms with Gasteiger partial charge in [-0.15, -0.1) is 0 Å². The molecule has 0 atom stereocenters. The molecule has 1 N–H and O–H groups in total. The predicted molar refractivity (Wildman–Crippen MR) is 74.6 cm³/mol. The standard InChI is InChI=1S/C10H5Br2ClN4O/c11-7-4-15-9(8(12)16-7)17-10(18)5-3-14-2-1-6(5)13/h1-4H,(H,15,17,18). The van der Waals surface area contributed by atoms with E-state index in [-0.39, 0.29) is 5.56 Å². The van der Waals surface area contributed by atoms with Crippen LogP contribution in [-0.2, 0) is 0 Å². The third kappa shape index (κ3) is 3.04. The maximum atomic E-state index is 11.9. The molecule has 2 aromatic heterocycles. The number of hydrogen-bond donors (Lipinski definition) is 1. The van der Waals surface area contributed by atoms with Crippen molar-refractivity contribution >= 4 is 55.2 Å². The van der Waals surface area contributed by atoms with Crippen LogP contribution in [0.4, 0.5) is 5.82 Å². The van der Waals surface area contributed by atoms with E-state index in [4.69, 9.17) is 11.6 Å². The number of pyridine rings is 1. The number of halogens is 3. The monoisotopic (exact) mass is 390 g/mol. The van der Waals surface area contributed by atoms with E-state index < -0.39 is 5.91 Å². The molecule has 2 heterocycles. The molecule has 0 radical (unpaired) electrons. The van der Waals surface area contributed by atoms with Gasteiger partial charge in [0.25, 0.3) is 5.91 Å². The fourth-order valence-electron chi connectivity index (χ4n) is 1.15. The number of carbonyl (C=O) groups excluding carboxylic acids is 1. The Kier molecular flexibility index (Phi) is 4.26. The van der Waals surface area contributed by atoms with Gasteiger partial charge in [-0.1, -0.05) is 11.6 Å². The van der Waals surface area contributed by atoms with Gasteiger partial charge in [0.05, 0.1) is 16.8 Å². The summed E-state index contributed by atoms with van der Waals surface area (Å²) in [5, 5.41) is 2.91. The molecule has 2 aromatic rings. The number of aromatic nitrogens is 3. The molecule has 0 spiro atoms. The number of amides is 1. The van der Waals surface area contributed by atoms with E-state index in [1.807, 2.05) is 0 Å². The number of rotatable bonds is 2. The Morgan fingerprint density at radius 3 is 2.78 bits per heavy atom. The summed E-state index contributed by atoms with van der Waals surface area (Å²) in [5.41, 5.74) is 0.274. The Morgan fingerprint density at radius 2 is 2.11 bits per heavy atom. The zero-order valence-electron chi connectivity index (χ0n) is 8.69. The predicted octanol–water partition coefficient (Wildman–Crippen LogP) is 3.30. The van der Waals surface area contributed by atoms with Gasteiger partial charge in [-0.3, -0.25) is 9.78 Å². The van der Waals surface area contributed by atoms with Gasteiger partial charge < -0.3 is 5.32 Å². The minimum Gasteiger partial charge on any atom is -0.304 e. The first-order valence-electron chi connectivity index (χ1n) is 4.67. The first-order valence-corrected chi connectivity index (χ1v) is 6.63. The van der Waals surface area contributed by atoms with Crippen molar-refractivity contribution in [1.82, 2.24) is 15.0 Å².